The molecule has 0 aliphatic carbocycles. The first-order chi connectivity index (χ1) is 8.04. The smallest absolute Gasteiger partial charge is 0.226 e. The highest BCUT2D eigenvalue weighted by Crippen LogP contribution is 2.18. The second-order valence-electron chi connectivity index (χ2n) is 4.05. The molecule has 0 saturated heterocycles. The zero-order valence-corrected chi connectivity index (χ0v) is 10.5. The molecular formula is C13H19NO3. The molecule has 0 aromatic heterocycles. The number of benzene rings is 1. The largest absolute Gasteiger partial charge is 0.508 e. The summed E-state index contributed by atoms with van der Waals surface area (Å²) in [5, 5.41) is 9.17. The highest BCUT2D eigenvalue weighted by atomic mass is 16.5. The van der Waals surface area contributed by atoms with Gasteiger partial charge in [-0.2, -0.15) is 0 Å². The fourth-order valence-corrected chi connectivity index (χ4v) is 1.43. The molecule has 1 N–H and O–H groups in total. The van der Waals surface area contributed by atoms with Gasteiger partial charge in [-0.1, -0.05) is 0 Å². The summed E-state index contributed by atoms with van der Waals surface area (Å²) < 4.78 is 5.10. The van der Waals surface area contributed by atoms with Gasteiger partial charge in [0.1, 0.15) is 5.75 Å². The van der Waals surface area contributed by atoms with E-state index in [0.717, 1.165) is 5.69 Å². The SMILES string of the molecule is COC(C)CCC(=O)N(C)c1ccc(O)cc1. The first-order valence-corrected chi connectivity index (χ1v) is 5.63. The van der Waals surface area contributed by atoms with Crippen molar-refractivity contribution < 1.29 is 14.6 Å². The molecule has 4 heteroatoms. The molecule has 0 fully saturated rings. The number of hydrogen-bond acceptors (Lipinski definition) is 3. The number of phenolic OH excluding ortho intramolecular Hbond substituents is 1. The van der Waals surface area contributed by atoms with Crippen molar-refractivity contribution in [3.05, 3.63) is 24.3 Å². The molecule has 0 aliphatic rings. The third kappa shape index (κ3) is 4.07. The maximum atomic E-state index is 11.9. The Morgan fingerprint density at radius 1 is 1.41 bits per heavy atom. The van der Waals surface area contributed by atoms with Gasteiger partial charge in [0, 0.05) is 26.3 Å². The average molecular weight is 237 g/mol. The van der Waals surface area contributed by atoms with E-state index in [1.165, 1.54) is 0 Å². The van der Waals surface area contributed by atoms with Gasteiger partial charge in [-0.25, -0.2) is 0 Å². The molecular weight excluding hydrogens is 218 g/mol. The van der Waals surface area contributed by atoms with Crippen LogP contribution in [0.2, 0.25) is 0 Å². The predicted molar refractivity (Wildman–Crippen MR) is 67.2 cm³/mol. The summed E-state index contributed by atoms with van der Waals surface area (Å²) in [5.41, 5.74) is 0.776. The Hall–Kier alpha value is -1.55. The molecule has 17 heavy (non-hydrogen) atoms. The van der Waals surface area contributed by atoms with Crippen molar-refractivity contribution in [1.29, 1.82) is 0 Å². The van der Waals surface area contributed by atoms with Crippen LogP contribution in [0.5, 0.6) is 5.75 Å². The van der Waals surface area contributed by atoms with E-state index in [4.69, 9.17) is 9.84 Å². The van der Waals surface area contributed by atoms with Crippen molar-refractivity contribution >= 4 is 11.6 Å². The fourth-order valence-electron chi connectivity index (χ4n) is 1.43. The van der Waals surface area contributed by atoms with Gasteiger partial charge in [0.25, 0.3) is 0 Å². The number of phenols is 1. The van der Waals surface area contributed by atoms with Crippen molar-refractivity contribution in [2.24, 2.45) is 0 Å². The summed E-state index contributed by atoms with van der Waals surface area (Å²) in [7, 11) is 3.37. The number of amides is 1. The maximum absolute atomic E-state index is 11.9. The second-order valence-corrected chi connectivity index (χ2v) is 4.05. The minimum Gasteiger partial charge on any atom is -0.508 e. The van der Waals surface area contributed by atoms with Gasteiger partial charge < -0.3 is 14.7 Å². The van der Waals surface area contributed by atoms with E-state index in [2.05, 4.69) is 0 Å². The Kier molecular flexibility index (Phi) is 4.97. The van der Waals surface area contributed by atoms with Crippen LogP contribution in [0, 0.1) is 0 Å². The Balaban J connectivity index is 2.54. The van der Waals surface area contributed by atoms with E-state index in [1.54, 1.807) is 43.3 Å². The van der Waals surface area contributed by atoms with Gasteiger partial charge in [0.05, 0.1) is 6.10 Å². The van der Waals surface area contributed by atoms with Crippen LogP contribution in [0.15, 0.2) is 24.3 Å². The highest BCUT2D eigenvalue weighted by Gasteiger charge is 2.12. The number of rotatable bonds is 5. The van der Waals surface area contributed by atoms with Crippen LogP contribution in [-0.2, 0) is 9.53 Å². The Bertz CT molecular complexity index is 361. The number of nitrogens with zero attached hydrogens (tertiary/aromatic N) is 1. The monoisotopic (exact) mass is 237 g/mol. The zero-order chi connectivity index (χ0) is 12.8. The zero-order valence-electron chi connectivity index (χ0n) is 10.5. The van der Waals surface area contributed by atoms with E-state index in [0.29, 0.717) is 12.8 Å². The Morgan fingerprint density at radius 3 is 2.53 bits per heavy atom. The van der Waals surface area contributed by atoms with E-state index >= 15 is 0 Å². The normalized spacial score (nSPS) is 12.2. The second kappa shape index (κ2) is 6.25. The summed E-state index contributed by atoms with van der Waals surface area (Å²) in [6.45, 7) is 1.94. The molecule has 0 spiro atoms. The molecule has 0 bridgehead atoms. The quantitative estimate of drug-likeness (QED) is 0.853. The number of anilines is 1. The number of carbonyl (C=O) groups is 1. The Morgan fingerprint density at radius 2 is 2.00 bits per heavy atom. The molecule has 0 radical (unpaired) electrons. The van der Waals surface area contributed by atoms with Gasteiger partial charge in [0.15, 0.2) is 0 Å². The van der Waals surface area contributed by atoms with Gasteiger partial charge >= 0.3 is 0 Å². The summed E-state index contributed by atoms with van der Waals surface area (Å²) in [4.78, 5) is 13.4. The van der Waals surface area contributed by atoms with Crippen LogP contribution < -0.4 is 4.90 Å². The molecule has 1 amide bonds. The molecule has 0 aliphatic heterocycles. The van der Waals surface area contributed by atoms with Crippen molar-refractivity contribution in [1.82, 2.24) is 0 Å². The minimum absolute atomic E-state index is 0.0413. The number of ether oxygens (including phenoxy) is 1. The summed E-state index contributed by atoms with van der Waals surface area (Å²) in [6.07, 6.45) is 1.25. The molecule has 1 unspecified atom stereocenters. The molecule has 1 rings (SSSR count). The fraction of sp³-hybridized carbons (Fsp3) is 0.462. The van der Waals surface area contributed by atoms with Crippen LogP contribution in [0.4, 0.5) is 5.69 Å². The summed E-state index contributed by atoms with van der Waals surface area (Å²) in [5.74, 6) is 0.238. The topological polar surface area (TPSA) is 49.8 Å². The first kappa shape index (κ1) is 13.5. The minimum atomic E-state index is 0.0413. The molecule has 1 aromatic rings. The molecule has 0 heterocycles. The number of carbonyl (C=O) groups excluding carboxylic acids is 1. The maximum Gasteiger partial charge on any atom is 0.226 e. The lowest BCUT2D eigenvalue weighted by molar-refractivity contribution is -0.118. The third-order valence-corrected chi connectivity index (χ3v) is 2.78. The average Bonchev–Trinajstić information content (AvgIpc) is 2.35. The lowest BCUT2D eigenvalue weighted by Crippen LogP contribution is -2.26. The van der Waals surface area contributed by atoms with E-state index in [9.17, 15) is 4.79 Å². The van der Waals surface area contributed by atoms with Crippen LogP contribution in [-0.4, -0.2) is 31.3 Å². The van der Waals surface area contributed by atoms with E-state index in [-0.39, 0.29) is 17.8 Å². The molecule has 1 atom stereocenters. The van der Waals surface area contributed by atoms with Crippen LogP contribution in [0.1, 0.15) is 19.8 Å². The molecule has 4 nitrogen and oxygen atoms in total. The number of methoxy groups -OCH3 is 1. The molecule has 0 saturated carbocycles. The van der Waals surface area contributed by atoms with E-state index in [1.807, 2.05) is 6.92 Å². The van der Waals surface area contributed by atoms with Crippen molar-refractivity contribution in [2.45, 2.75) is 25.9 Å². The lowest BCUT2D eigenvalue weighted by atomic mass is 10.2. The Labute approximate surface area is 102 Å². The number of hydrogen-bond donors (Lipinski definition) is 1. The van der Waals surface area contributed by atoms with E-state index < -0.39 is 0 Å². The van der Waals surface area contributed by atoms with Crippen LogP contribution >= 0.6 is 0 Å². The van der Waals surface area contributed by atoms with Gasteiger partial charge in [0.2, 0.25) is 5.91 Å². The predicted octanol–water partition coefficient (Wildman–Crippen LogP) is 2.17. The molecule has 1 aromatic carbocycles. The first-order valence-electron chi connectivity index (χ1n) is 5.63. The van der Waals surface area contributed by atoms with Crippen molar-refractivity contribution in [3.8, 4) is 5.75 Å². The lowest BCUT2D eigenvalue weighted by Gasteiger charge is -2.18. The van der Waals surface area contributed by atoms with Crippen LogP contribution in [0.3, 0.4) is 0 Å². The summed E-state index contributed by atoms with van der Waals surface area (Å²) in [6, 6.07) is 6.56. The highest BCUT2D eigenvalue weighted by molar-refractivity contribution is 5.92. The van der Waals surface area contributed by atoms with Crippen LogP contribution in [0.25, 0.3) is 0 Å². The van der Waals surface area contributed by atoms with Gasteiger partial charge in [-0.3, -0.25) is 4.79 Å². The van der Waals surface area contributed by atoms with Crippen molar-refractivity contribution in [2.75, 3.05) is 19.1 Å². The molecule has 94 valence electrons. The standard InChI is InChI=1S/C13H19NO3/c1-10(17-3)4-9-13(16)14(2)11-5-7-12(15)8-6-11/h5-8,10,15H,4,9H2,1-3H3. The van der Waals surface area contributed by atoms with Gasteiger partial charge in [-0.05, 0) is 37.6 Å². The van der Waals surface area contributed by atoms with Gasteiger partial charge in [-0.15, -0.1) is 0 Å². The summed E-state index contributed by atoms with van der Waals surface area (Å²) >= 11 is 0. The van der Waals surface area contributed by atoms with Crippen molar-refractivity contribution in [3.63, 3.8) is 0 Å². The third-order valence-electron chi connectivity index (χ3n) is 2.78. The number of aromatic hydroxyl groups is 1.